The average molecular weight is 401 g/mol. The van der Waals surface area contributed by atoms with E-state index in [2.05, 4.69) is 19.5 Å². The van der Waals surface area contributed by atoms with E-state index >= 15 is 0 Å². The molecular formula is C14H20N5O7P. The Morgan fingerprint density at radius 2 is 2.37 bits per heavy atom. The second kappa shape index (κ2) is 6.36. The van der Waals surface area contributed by atoms with Crippen LogP contribution in [-0.4, -0.2) is 55.9 Å². The number of hydrogen-bond donors (Lipinski definition) is 3. The summed E-state index contributed by atoms with van der Waals surface area (Å²) >= 11 is 0. The Morgan fingerprint density at radius 1 is 1.59 bits per heavy atom. The van der Waals surface area contributed by atoms with Crippen LogP contribution in [0.25, 0.3) is 11.2 Å². The fraction of sp³-hybridized carbons (Fsp3) is 0.643. The molecule has 13 heteroatoms. The SMILES string of the molecule is CC[C@@]12COC(CC(n3cnc4c(=O)[nH]c(N)nc43)O1)C2OP(=O)(O)OC. The van der Waals surface area contributed by atoms with Gasteiger partial charge in [0, 0.05) is 13.5 Å². The lowest BCUT2D eigenvalue weighted by molar-refractivity contribution is -0.189. The summed E-state index contributed by atoms with van der Waals surface area (Å²) in [7, 11) is -3.12. The Labute approximate surface area is 153 Å². The quantitative estimate of drug-likeness (QED) is 0.594. The molecule has 4 unspecified atom stereocenters. The third-order valence-corrected chi connectivity index (χ3v) is 5.99. The van der Waals surface area contributed by atoms with Gasteiger partial charge >= 0.3 is 7.82 Å². The summed E-state index contributed by atoms with van der Waals surface area (Å²) in [6.07, 6.45) is 0.388. The number of nitrogens with one attached hydrogen (secondary N) is 1. The van der Waals surface area contributed by atoms with Crippen molar-refractivity contribution in [1.29, 1.82) is 0 Å². The molecule has 4 N–H and O–H groups in total. The number of ether oxygens (including phenoxy) is 2. The third kappa shape index (κ3) is 2.98. The maximum atomic E-state index is 12.0. The molecule has 4 heterocycles. The minimum absolute atomic E-state index is 0.0305. The molecule has 0 spiro atoms. The number of aromatic amines is 1. The Kier molecular flexibility index (Phi) is 4.37. The van der Waals surface area contributed by atoms with Crippen LogP contribution in [0.2, 0.25) is 0 Å². The molecule has 0 radical (unpaired) electrons. The summed E-state index contributed by atoms with van der Waals surface area (Å²) in [5.41, 5.74) is 4.68. The zero-order valence-electron chi connectivity index (χ0n) is 14.7. The molecule has 2 aromatic rings. The second-order valence-electron chi connectivity index (χ2n) is 6.53. The number of hydrogen-bond acceptors (Lipinski definition) is 9. The van der Waals surface area contributed by atoms with Gasteiger partial charge in [0.1, 0.15) is 17.9 Å². The van der Waals surface area contributed by atoms with Gasteiger partial charge in [0.05, 0.1) is 19.0 Å². The van der Waals surface area contributed by atoms with Crippen LogP contribution in [0.5, 0.6) is 0 Å². The first-order valence-corrected chi connectivity index (χ1v) is 9.87. The fourth-order valence-electron chi connectivity index (χ4n) is 3.63. The number of rotatable bonds is 5. The maximum Gasteiger partial charge on any atom is 0.472 e. The monoisotopic (exact) mass is 401 g/mol. The molecule has 2 bridgehead atoms. The Balaban J connectivity index is 1.70. The van der Waals surface area contributed by atoms with Gasteiger partial charge in [-0.05, 0) is 6.42 Å². The van der Waals surface area contributed by atoms with Crippen molar-refractivity contribution in [3.8, 4) is 0 Å². The number of phosphoric ester groups is 1. The number of phosphoric acid groups is 1. The lowest BCUT2D eigenvalue weighted by atomic mass is 9.89. The minimum Gasteiger partial charge on any atom is -0.372 e. The molecule has 2 aromatic heterocycles. The first-order chi connectivity index (χ1) is 12.8. The van der Waals surface area contributed by atoms with Crippen LogP contribution in [0, 0.1) is 0 Å². The van der Waals surface area contributed by atoms with Crippen molar-refractivity contribution < 1.29 is 28.0 Å². The van der Waals surface area contributed by atoms with Crippen molar-refractivity contribution in [3.05, 3.63) is 16.7 Å². The van der Waals surface area contributed by atoms with Gasteiger partial charge in [0.2, 0.25) is 5.95 Å². The molecule has 0 saturated carbocycles. The van der Waals surface area contributed by atoms with E-state index in [4.69, 9.17) is 19.7 Å². The highest BCUT2D eigenvalue weighted by molar-refractivity contribution is 7.47. The van der Waals surface area contributed by atoms with Gasteiger partial charge in [0.15, 0.2) is 11.2 Å². The van der Waals surface area contributed by atoms with E-state index in [1.807, 2.05) is 6.92 Å². The van der Waals surface area contributed by atoms with Gasteiger partial charge in [-0.15, -0.1) is 0 Å². The lowest BCUT2D eigenvalue weighted by Gasteiger charge is -2.42. The number of aromatic nitrogens is 4. The fourth-order valence-corrected chi connectivity index (χ4v) is 4.33. The van der Waals surface area contributed by atoms with E-state index < -0.39 is 37.4 Å². The van der Waals surface area contributed by atoms with Crippen LogP contribution in [0.4, 0.5) is 5.95 Å². The Hall–Kier alpha value is -1.82. The van der Waals surface area contributed by atoms with Crippen LogP contribution in [0.15, 0.2) is 11.1 Å². The van der Waals surface area contributed by atoms with Crippen molar-refractivity contribution in [2.45, 2.75) is 43.8 Å². The topological polar surface area (TPSA) is 164 Å². The maximum absolute atomic E-state index is 12.0. The highest BCUT2D eigenvalue weighted by atomic mass is 31.2. The van der Waals surface area contributed by atoms with Gasteiger partial charge in [-0.2, -0.15) is 4.98 Å². The predicted octanol–water partition coefficient (Wildman–Crippen LogP) is 0.300. The van der Waals surface area contributed by atoms with E-state index in [9.17, 15) is 14.3 Å². The minimum atomic E-state index is -4.22. The highest BCUT2D eigenvalue weighted by Gasteiger charge is 2.58. The smallest absolute Gasteiger partial charge is 0.372 e. The molecule has 2 fully saturated rings. The van der Waals surface area contributed by atoms with Crippen molar-refractivity contribution >= 4 is 24.9 Å². The molecular weight excluding hydrogens is 381 g/mol. The van der Waals surface area contributed by atoms with Crippen LogP contribution < -0.4 is 11.3 Å². The van der Waals surface area contributed by atoms with E-state index in [1.165, 1.54) is 6.33 Å². The summed E-state index contributed by atoms with van der Waals surface area (Å²) in [6.45, 7) is 2.06. The largest absolute Gasteiger partial charge is 0.472 e. The number of imidazole rings is 1. The molecule has 0 amide bonds. The zero-order chi connectivity index (χ0) is 19.4. The number of anilines is 1. The molecule has 2 aliphatic rings. The first kappa shape index (κ1) is 18.5. The number of nitrogens with zero attached hydrogens (tertiary/aromatic N) is 3. The van der Waals surface area contributed by atoms with Crippen LogP contribution in [-0.2, 0) is 23.1 Å². The molecule has 12 nitrogen and oxygen atoms in total. The first-order valence-electron chi connectivity index (χ1n) is 8.37. The Morgan fingerprint density at radius 3 is 3.07 bits per heavy atom. The highest BCUT2D eigenvalue weighted by Crippen LogP contribution is 2.53. The second-order valence-corrected chi connectivity index (χ2v) is 8.04. The van der Waals surface area contributed by atoms with Crippen LogP contribution in [0.1, 0.15) is 26.0 Å². The number of nitrogen functional groups attached to an aromatic ring is 1. The van der Waals surface area contributed by atoms with Gasteiger partial charge in [0.25, 0.3) is 5.56 Å². The molecule has 2 aliphatic heterocycles. The van der Waals surface area contributed by atoms with E-state index in [0.29, 0.717) is 12.8 Å². The molecule has 5 atom stereocenters. The zero-order valence-corrected chi connectivity index (χ0v) is 15.6. The molecule has 148 valence electrons. The molecule has 2 saturated heterocycles. The summed E-state index contributed by atoms with van der Waals surface area (Å²) in [5, 5.41) is 0. The van der Waals surface area contributed by atoms with Gasteiger partial charge in [-0.1, -0.05) is 6.92 Å². The van der Waals surface area contributed by atoms with Crippen molar-refractivity contribution in [1.82, 2.24) is 19.5 Å². The van der Waals surface area contributed by atoms with Crippen molar-refractivity contribution in [2.75, 3.05) is 19.5 Å². The summed E-state index contributed by atoms with van der Waals surface area (Å²) in [5.74, 6) is -0.0305. The summed E-state index contributed by atoms with van der Waals surface area (Å²) in [6, 6.07) is 0. The van der Waals surface area contributed by atoms with Crippen LogP contribution in [0.3, 0.4) is 0 Å². The number of H-pyrrole nitrogens is 1. The van der Waals surface area contributed by atoms with E-state index in [-0.39, 0.29) is 23.7 Å². The van der Waals surface area contributed by atoms with Gasteiger partial charge in [-0.3, -0.25) is 23.4 Å². The van der Waals surface area contributed by atoms with Gasteiger partial charge < -0.3 is 20.1 Å². The average Bonchev–Trinajstić information content (AvgIpc) is 3.11. The normalized spacial score (nSPS) is 32.6. The summed E-state index contributed by atoms with van der Waals surface area (Å²) < 4.78 is 35.4. The number of nitrogens with two attached hydrogens (primary N) is 1. The van der Waals surface area contributed by atoms with Gasteiger partial charge in [-0.25, -0.2) is 9.55 Å². The predicted molar refractivity (Wildman–Crippen MR) is 91.8 cm³/mol. The standard InChI is InChI=1S/C14H20N5O7P/c1-3-14-5-24-7(10(14)26-27(21,22)23-2)4-8(25-14)19-6-16-9-11(19)17-13(15)18-12(9)20/h6-8,10H,3-5H2,1-2H3,(H,21,22)(H3,15,17,18,20)/t7?,8?,10?,14-/m0/s1. The third-order valence-electron chi connectivity index (χ3n) is 5.04. The lowest BCUT2D eigenvalue weighted by Crippen LogP contribution is -2.52. The number of fused-ring (bicyclic) bond motifs is 3. The molecule has 27 heavy (non-hydrogen) atoms. The van der Waals surface area contributed by atoms with Crippen molar-refractivity contribution in [2.24, 2.45) is 0 Å². The molecule has 0 aliphatic carbocycles. The van der Waals surface area contributed by atoms with Crippen LogP contribution >= 0.6 is 7.82 Å². The Bertz CT molecular complexity index is 976. The van der Waals surface area contributed by atoms with E-state index in [1.54, 1.807) is 4.57 Å². The molecule has 4 rings (SSSR count). The molecule has 0 aromatic carbocycles. The summed E-state index contributed by atoms with van der Waals surface area (Å²) in [4.78, 5) is 32.3. The van der Waals surface area contributed by atoms with E-state index in [0.717, 1.165) is 7.11 Å². The van der Waals surface area contributed by atoms with Crippen molar-refractivity contribution in [3.63, 3.8) is 0 Å².